The molecule has 0 atom stereocenters. The molecule has 2 aromatic rings. The van der Waals surface area contributed by atoms with Crippen LogP contribution < -0.4 is 15.5 Å². The molecular weight excluding hydrogens is 333 g/mol. The van der Waals surface area contributed by atoms with Crippen LogP contribution in [0.3, 0.4) is 0 Å². The normalized spacial score (nSPS) is 11.1. The third-order valence-corrected chi connectivity index (χ3v) is 3.39. The minimum absolute atomic E-state index is 0.333. The Hall–Kier alpha value is -2.77. The molecule has 0 aliphatic heterocycles. The van der Waals surface area contributed by atoms with Crippen LogP contribution in [0.1, 0.15) is 12.5 Å². The molecule has 134 valence electrons. The van der Waals surface area contributed by atoms with Crippen molar-refractivity contribution in [3.63, 3.8) is 0 Å². The number of pyridine rings is 1. The summed E-state index contributed by atoms with van der Waals surface area (Å²) in [6.07, 6.45) is -3.67. The minimum Gasteiger partial charge on any atom is -0.362 e. The Morgan fingerprint density at radius 3 is 2.56 bits per heavy atom. The monoisotopic (exact) mass is 352 g/mol. The molecule has 1 heterocycles. The van der Waals surface area contributed by atoms with Gasteiger partial charge in [-0.3, -0.25) is 0 Å². The van der Waals surface area contributed by atoms with Crippen LogP contribution in [0.25, 0.3) is 11.1 Å². The standard InChI is InChI=1S/C17H19F3N4O/c1-4-21-16(25)23-13-7-5-6-11(8-13)14-9-12(17(18,19)20)10-22-15(14)24(2)3/h5-10H,4H2,1-3H3,(H2,21,23,25). The largest absolute Gasteiger partial charge is 0.417 e. The fraction of sp³-hybridized carbons (Fsp3) is 0.294. The van der Waals surface area contributed by atoms with Crippen molar-refractivity contribution < 1.29 is 18.0 Å². The van der Waals surface area contributed by atoms with Crippen LogP contribution in [0, 0.1) is 0 Å². The number of anilines is 2. The number of nitrogens with one attached hydrogen (secondary N) is 2. The minimum atomic E-state index is -4.48. The van der Waals surface area contributed by atoms with Gasteiger partial charge in [0, 0.05) is 38.1 Å². The number of halogens is 3. The molecule has 0 bridgehead atoms. The number of carbonyl (C=O) groups excluding carboxylic acids is 1. The first-order chi connectivity index (χ1) is 11.7. The van der Waals surface area contributed by atoms with Gasteiger partial charge in [-0.2, -0.15) is 13.2 Å². The van der Waals surface area contributed by atoms with Crippen molar-refractivity contribution in [3.8, 4) is 11.1 Å². The first-order valence-electron chi connectivity index (χ1n) is 7.62. The summed E-state index contributed by atoms with van der Waals surface area (Å²) in [6, 6.07) is 7.29. The predicted molar refractivity (Wildman–Crippen MR) is 91.7 cm³/mol. The van der Waals surface area contributed by atoms with E-state index in [-0.39, 0.29) is 6.03 Å². The zero-order valence-corrected chi connectivity index (χ0v) is 14.1. The van der Waals surface area contributed by atoms with Crippen molar-refractivity contribution in [2.75, 3.05) is 30.9 Å². The number of hydrogen-bond donors (Lipinski definition) is 2. The van der Waals surface area contributed by atoms with Gasteiger partial charge in [0.2, 0.25) is 0 Å². The number of carbonyl (C=O) groups is 1. The van der Waals surface area contributed by atoms with Gasteiger partial charge in [-0.25, -0.2) is 9.78 Å². The quantitative estimate of drug-likeness (QED) is 0.875. The molecule has 2 N–H and O–H groups in total. The molecule has 0 fully saturated rings. The summed E-state index contributed by atoms with van der Waals surface area (Å²) in [5, 5.41) is 5.23. The van der Waals surface area contributed by atoms with E-state index in [2.05, 4.69) is 15.6 Å². The summed E-state index contributed by atoms with van der Waals surface area (Å²) < 4.78 is 39.1. The molecule has 8 heteroatoms. The lowest BCUT2D eigenvalue weighted by Gasteiger charge is -2.18. The van der Waals surface area contributed by atoms with Crippen molar-refractivity contribution in [3.05, 3.63) is 42.1 Å². The van der Waals surface area contributed by atoms with Crippen molar-refractivity contribution in [1.29, 1.82) is 0 Å². The Morgan fingerprint density at radius 2 is 1.96 bits per heavy atom. The summed E-state index contributed by atoms with van der Waals surface area (Å²) in [5.74, 6) is 0.406. The predicted octanol–water partition coefficient (Wildman–Crippen LogP) is 3.97. The lowest BCUT2D eigenvalue weighted by atomic mass is 10.0. The van der Waals surface area contributed by atoms with Gasteiger partial charge in [0.15, 0.2) is 0 Å². The van der Waals surface area contributed by atoms with E-state index in [0.717, 1.165) is 12.3 Å². The van der Waals surface area contributed by atoms with Crippen LogP contribution in [-0.4, -0.2) is 31.7 Å². The molecule has 0 saturated carbocycles. The molecule has 2 rings (SSSR count). The fourth-order valence-electron chi connectivity index (χ4n) is 2.28. The smallest absolute Gasteiger partial charge is 0.362 e. The molecule has 1 aromatic carbocycles. The average Bonchev–Trinajstić information content (AvgIpc) is 2.53. The Kier molecular flexibility index (Phi) is 5.51. The number of nitrogens with zero attached hydrogens (tertiary/aromatic N) is 2. The summed E-state index contributed by atoms with van der Waals surface area (Å²) >= 11 is 0. The second-order valence-corrected chi connectivity index (χ2v) is 5.55. The van der Waals surface area contributed by atoms with E-state index in [4.69, 9.17) is 0 Å². The molecule has 2 amide bonds. The SMILES string of the molecule is CCNC(=O)Nc1cccc(-c2cc(C(F)(F)F)cnc2N(C)C)c1. The van der Waals surface area contributed by atoms with Gasteiger partial charge in [-0.05, 0) is 30.7 Å². The fourth-order valence-corrected chi connectivity index (χ4v) is 2.28. The Balaban J connectivity index is 2.47. The molecule has 0 radical (unpaired) electrons. The third kappa shape index (κ3) is 4.62. The van der Waals surface area contributed by atoms with Crippen LogP contribution >= 0.6 is 0 Å². The van der Waals surface area contributed by atoms with Crippen LogP contribution in [-0.2, 0) is 6.18 Å². The van der Waals surface area contributed by atoms with E-state index in [0.29, 0.717) is 29.2 Å². The summed E-state index contributed by atoms with van der Waals surface area (Å²) in [7, 11) is 3.41. The number of urea groups is 1. The Labute approximate surface area is 143 Å². The maximum Gasteiger partial charge on any atom is 0.417 e. The zero-order chi connectivity index (χ0) is 18.6. The van der Waals surface area contributed by atoms with Crippen molar-refractivity contribution in [1.82, 2.24) is 10.3 Å². The first-order valence-corrected chi connectivity index (χ1v) is 7.62. The van der Waals surface area contributed by atoms with Crippen LogP contribution in [0.2, 0.25) is 0 Å². The summed E-state index contributed by atoms with van der Waals surface area (Å²) in [4.78, 5) is 17.2. The van der Waals surface area contributed by atoms with Gasteiger partial charge in [0.25, 0.3) is 0 Å². The van der Waals surface area contributed by atoms with Gasteiger partial charge >= 0.3 is 12.2 Å². The molecule has 25 heavy (non-hydrogen) atoms. The van der Waals surface area contributed by atoms with Crippen molar-refractivity contribution >= 4 is 17.5 Å². The molecular formula is C17H19F3N4O. The number of benzene rings is 1. The average molecular weight is 352 g/mol. The highest BCUT2D eigenvalue weighted by Gasteiger charge is 2.32. The Morgan fingerprint density at radius 1 is 1.24 bits per heavy atom. The first kappa shape index (κ1) is 18.6. The number of aromatic nitrogens is 1. The third-order valence-electron chi connectivity index (χ3n) is 3.39. The van der Waals surface area contributed by atoms with Gasteiger partial charge < -0.3 is 15.5 Å². The second-order valence-electron chi connectivity index (χ2n) is 5.55. The number of alkyl halides is 3. The highest BCUT2D eigenvalue weighted by molar-refractivity contribution is 5.90. The van der Waals surface area contributed by atoms with Gasteiger partial charge in [-0.1, -0.05) is 12.1 Å². The van der Waals surface area contributed by atoms with Crippen molar-refractivity contribution in [2.45, 2.75) is 13.1 Å². The van der Waals surface area contributed by atoms with Crippen molar-refractivity contribution in [2.24, 2.45) is 0 Å². The summed E-state index contributed by atoms with van der Waals surface area (Å²) in [6.45, 7) is 2.25. The molecule has 0 saturated heterocycles. The van der Waals surface area contributed by atoms with E-state index >= 15 is 0 Å². The van der Waals surface area contributed by atoms with Crippen LogP contribution in [0.4, 0.5) is 29.5 Å². The Bertz CT molecular complexity index is 760. The van der Waals surface area contributed by atoms with Gasteiger partial charge in [0.1, 0.15) is 5.82 Å². The highest BCUT2D eigenvalue weighted by Crippen LogP contribution is 2.36. The number of hydrogen-bond acceptors (Lipinski definition) is 3. The van der Waals surface area contributed by atoms with Crippen LogP contribution in [0.5, 0.6) is 0 Å². The van der Waals surface area contributed by atoms with E-state index in [1.54, 1.807) is 50.2 Å². The van der Waals surface area contributed by atoms with Crippen LogP contribution in [0.15, 0.2) is 36.5 Å². The van der Waals surface area contributed by atoms with E-state index in [9.17, 15) is 18.0 Å². The lowest BCUT2D eigenvalue weighted by molar-refractivity contribution is -0.137. The van der Waals surface area contributed by atoms with E-state index in [1.807, 2.05) is 0 Å². The topological polar surface area (TPSA) is 57.3 Å². The molecule has 0 unspecified atom stereocenters. The molecule has 5 nitrogen and oxygen atoms in total. The second kappa shape index (κ2) is 7.42. The zero-order valence-electron chi connectivity index (χ0n) is 14.1. The van der Waals surface area contributed by atoms with E-state index in [1.165, 1.54) is 0 Å². The maximum absolute atomic E-state index is 13.0. The van der Waals surface area contributed by atoms with Gasteiger partial charge in [0.05, 0.1) is 5.56 Å². The van der Waals surface area contributed by atoms with Gasteiger partial charge in [-0.15, -0.1) is 0 Å². The lowest BCUT2D eigenvalue weighted by Crippen LogP contribution is -2.28. The molecule has 1 aromatic heterocycles. The number of amides is 2. The maximum atomic E-state index is 13.0. The molecule has 0 aliphatic rings. The summed E-state index contributed by atoms with van der Waals surface area (Å²) in [5.41, 5.74) is 0.511. The molecule has 0 aliphatic carbocycles. The highest BCUT2D eigenvalue weighted by atomic mass is 19.4. The molecule has 0 spiro atoms. The number of rotatable bonds is 4. The van der Waals surface area contributed by atoms with E-state index < -0.39 is 11.7 Å².